The smallest absolute Gasteiger partial charge is 0.185 e. The minimum absolute atomic E-state index is 0.0220. The molecule has 0 aliphatic rings. The summed E-state index contributed by atoms with van der Waals surface area (Å²) in [5, 5.41) is 0. The number of ketones is 1. The molecule has 0 unspecified atom stereocenters. The van der Waals surface area contributed by atoms with Gasteiger partial charge in [0.2, 0.25) is 0 Å². The van der Waals surface area contributed by atoms with Crippen LogP contribution >= 0.6 is 0 Å². The molecule has 3 rings (SSSR count). The molecule has 0 fully saturated rings. The fraction of sp³-hybridized carbons (Fsp3) is 0.148. The Kier molecular flexibility index (Phi) is 7.59. The molecule has 0 atom stereocenters. The van der Waals surface area contributed by atoms with Crippen LogP contribution in [0.5, 0.6) is 5.75 Å². The Hall–Kier alpha value is -3.39. The van der Waals surface area contributed by atoms with Crippen LogP contribution in [0, 0.1) is 0 Å². The monoisotopic (exact) mass is 382 g/mol. The molecule has 0 radical (unpaired) electrons. The Bertz CT molecular complexity index is 936. The second-order valence-corrected chi connectivity index (χ2v) is 6.88. The predicted molar refractivity (Wildman–Crippen MR) is 121 cm³/mol. The first kappa shape index (κ1) is 20.3. The van der Waals surface area contributed by atoms with Crippen LogP contribution in [-0.2, 0) is 6.42 Å². The number of rotatable bonds is 10. The van der Waals surface area contributed by atoms with Gasteiger partial charge in [-0.05, 0) is 54.2 Å². The normalized spacial score (nSPS) is 10.8. The Morgan fingerprint density at radius 1 is 0.828 bits per heavy atom. The van der Waals surface area contributed by atoms with Crippen molar-refractivity contribution in [2.45, 2.75) is 19.3 Å². The molecule has 0 saturated heterocycles. The summed E-state index contributed by atoms with van der Waals surface area (Å²) >= 11 is 0. The molecule has 0 N–H and O–H groups in total. The van der Waals surface area contributed by atoms with Gasteiger partial charge in [-0.15, -0.1) is 0 Å². The molecule has 0 aromatic heterocycles. The lowest BCUT2D eigenvalue weighted by atomic mass is 10.0. The molecular formula is C27H26O2. The summed E-state index contributed by atoms with van der Waals surface area (Å²) in [5.41, 5.74) is 4.13. The number of allylic oxidation sites excluding steroid dienone is 1. The molecular weight excluding hydrogens is 356 g/mol. The van der Waals surface area contributed by atoms with Gasteiger partial charge in [-0.3, -0.25) is 4.79 Å². The number of carbonyl (C=O) groups excluding carboxylic acids is 1. The maximum atomic E-state index is 12.1. The van der Waals surface area contributed by atoms with Gasteiger partial charge in [0, 0.05) is 5.56 Å². The number of ether oxygens (including phenoxy) is 1. The van der Waals surface area contributed by atoms with E-state index in [1.165, 1.54) is 5.56 Å². The van der Waals surface area contributed by atoms with Crippen molar-refractivity contribution in [2.24, 2.45) is 0 Å². The predicted octanol–water partition coefficient (Wildman–Crippen LogP) is 6.63. The molecule has 2 nitrogen and oxygen atoms in total. The van der Waals surface area contributed by atoms with Crippen LogP contribution in [0.3, 0.4) is 0 Å². The van der Waals surface area contributed by atoms with E-state index in [2.05, 4.69) is 30.8 Å². The second kappa shape index (κ2) is 10.8. The zero-order chi connectivity index (χ0) is 20.3. The number of aryl methyl sites for hydroxylation is 1. The minimum Gasteiger partial charge on any atom is -0.494 e. The maximum Gasteiger partial charge on any atom is 0.185 e. The van der Waals surface area contributed by atoms with E-state index in [1.54, 1.807) is 6.08 Å². The first-order chi connectivity index (χ1) is 14.2. The standard InChI is InChI=1S/C27H26O2/c1-2-22-15-18-26(19-16-22)29-21-7-6-8-23-11-13-24(14-12-23)17-20-27(28)25-9-4-3-5-10-25/h2-5,9-20H,1,6-8,21H2/b20-17+. The number of hydrogen-bond donors (Lipinski definition) is 0. The third kappa shape index (κ3) is 6.62. The SMILES string of the molecule is C=Cc1ccc(OCCCCc2ccc(/C=C/C(=O)c3ccccc3)cc2)cc1. The highest BCUT2D eigenvalue weighted by atomic mass is 16.5. The molecule has 0 aliphatic carbocycles. The van der Waals surface area contributed by atoms with Gasteiger partial charge in [-0.1, -0.05) is 85.5 Å². The van der Waals surface area contributed by atoms with E-state index < -0.39 is 0 Å². The van der Waals surface area contributed by atoms with Crippen LogP contribution in [0.1, 0.15) is 39.9 Å². The van der Waals surface area contributed by atoms with E-state index in [0.29, 0.717) is 5.56 Å². The highest BCUT2D eigenvalue weighted by Gasteiger charge is 2.00. The lowest BCUT2D eigenvalue weighted by molar-refractivity contribution is 0.104. The summed E-state index contributed by atoms with van der Waals surface area (Å²) in [6.45, 7) is 4.47. The number of carbonyl (C=O) groups is 1. The van der Waals surface area contributed by atoms with Gasteiger partial charge >= 0.3 is 0 Å². The summed E-state index contributed by atoms with van der Waals surface area (Å²) in [5.74, 6) is 0.922. The van der Waals surface area contributed by atoms with E-state index >= 15 is 0 Å². The first-order valence-corrected chi connectivity index (χ1v) is 9.96. The molecule has 0 amide bonds. The quantitative estimate of drug-likeness (QED) is 0.223. The van der Waals surface area contributed by atoms with Gasteiger partial charge in [0.25, 0.3) is 0 Å². The molecule has 3 aromatic rings. The minimum atomic E-state index is 0.0220. The van der Waals surface area contributed by atoms with Crippen molar-refractivity contribution in [3.05, 3.63) is 114 Å². The summed E-state index contributed by atoms with van der Waals surface area (Å²) < 4.78 is 5.78. The van der Waals surface area contributed by atoms with Crippen LogP contribution in [0.25, 0.3) is 12.2 Å². The van der Waals surface area contributed by atoms with E-state index in [0.717, 1.165) is 42.7 Å². The maximum absolute atomic E-state index is 12.1. The molecule has 0 spiro atoms. The van der Waals surface area contributed by atoms with Crippen molar-refractivity contribution in [2.75, 3.05) is 6.61 Å². The third-order valence-corrected chi connectivity index (χ3v) is 4.71. The van der Waals surface area contributed by atoms with E-state index in [4.69, 9.17) is 4.74 Å². The fourth-order valence-corrected chi connectivity index (χ4v) is 2.99. The van der Waals surface area contributed by atoms with Gasteiger partial charge in [0.1, 0.15) is 5.75 Å². The molecule has 0 heterocycles. The highest BCUT2D eigenvalue weighted by molar-refractivity contribution is 6.06. The van der Waals surface area contributed by atoms with Crippen molar-refractivity contribution in [3.63, 3.8) is 0 Å². The lowest BCUT2D eigenvalue weighted by Crippen LogP contribution is -1.98. The largest absolute Gasteiger partial charge is 0.494 e. The number of hydrogen-bond acceptors (Lipinski definition) is 2. The van der Waals surface area contributed by atoms with Gasteiger partial charge in [-0.25, -0.2) is 0 Å². The summed E-state index contributed by atoms with van der Waals surface area (Å²) in [6.07, 6.45) is 8.43. The zero-order valence-corrected chi connectivity index (χ0v) is 16.6. The third-order valence-electron chi connectivity index (χ3n) is 4.71. The first-order valence-electron chi connectivity index (χ1n) is 9.96. The number of unbranched alkanes of at least 4 members (excludes halogenated alkanes) is 1. The van der Waals surface area contributed by atoms with E-state index in [-0.39, 0.29) is 5.78 Å². The van der Waals surface area contributed by atoms with Crippen molar-refractivity contribution < 1.29 is 9.53 Å². The van der Waals surface area contributed by atoms with Crippen molar-refractivity contribution in [3.8, 4) is 5.75 Å². The fourth-order valence-electron chi connectivity index (χ4n) is 2.99. The summed E-state index contributed by atoms with van der Waals surface area (Å²) in [4.78, 5) is 12.1. The van der Waals surface area contributed by atoms with Crippen LogP contribution in [0.2, 0.25) is 0 Å². The van der Waals surface area contributed by atoms with E-state index in [1.807, 2.05) is 66.7 Å². The average molecular weight is 383 g/mol. The van der Waals surface area contributed by atoms with Crippen molar-refractivity contribution in [1.82, 2.24) is 0 Å². The summed E-state index contributed by atoms with van der Waals surface area (Å²) in [7, 11) is 0. The molecule has 0 saturated carbocycles. The zero-order valence-electron chi connectivity index (χ0n) is 16.6. The van der Waals surface area contributed by atoms with E-state index in [9.17, 15) is 4.79 Å². The second-order valence-electron chi connectivity index (χ2n) is 6.88. The van der Waals surface area contributed by atoms with Crippen LogP contribution < -0.4 is 4.74 Å². The molecule has 0 aliphatic heterocycles. The Morgan fingerprint density at radius 3 is 2.21 bits per heavy atom. The van der Waals surface area contributed by atoms with Gasteiger partial charge in [-0.2, -0.15) is 0 Å². The van der Waals surface area contributed by atoms with Crippen LogP contribution in [0.4, 0.5) is 0 Å². The molecule has 0 bridgehead atoms. The Balaban J connectivity index is 1.39. The Labute approximate surface area is 173 Å². The van der Waals surface area contributed by atoms with Crippen molar-refractivity contribution >= 4 is 17.9 Å². The van der Waals surface area contributed by atoms with Gasteiger partial charge in [0.15, 0.2) is 5.78 Å². The van der Waals surface area contributed by atoms with Crippen LogP contribution in [-0.4, -0.2) is 12.4 Å². The topological polar surface area (TPSA) is 26.3 Å². The highest BCUT2D eigenvalue weighted by Crippen LogP contribution is 2.14. The molecule has 29 heavy (non-hydrogen) atoms. The van der Waals surface area contributed by atoms with Gasteiger partial charge in [0.05, 0.1) is 6.61 Å². The Morgan fingerprint density at radius 2 is 1.52 bits per heavy atom. The van der Waals surface area contributed by atoms with Crippen LogP contribution in [0.15, 0.2) is 91.5 Å². The lowest BCUT2D eigenvalue weighted by Gasteiger charge is -2.07. The molecule has 146 valence electrons. The molecule has 3 aromatic carbocycles. The molecule has 2 heteroatoms. The van der Waals surface area contributed by atoms with Gasteiger partial charge < -0.3 is 4.74 Å². The number of benzene rings is 3. The summed E-state index contributed by atoms with van der Waals surface area (Å²) in [6, 6.07) is 25.7. The average Bonchev–Trinajstić information content (AvgIpc) is 2.79. The van der Waals surface area contributed by atoms with Crippen molar-refractivity contribution in [1.29, 1.82) is 0 Å².